The lowest BCUT2D eigenvalue weighted by atomic mass is 9.78. The summed E-state index contributed by atoms with van der Waals surface area (Å²) in [5.41, 5.74) is -0.737. The molecular formula is C13H14N2O4S. The van der Waals surface area contributed by atoms with Crippen molar-refractivity contribution in [2.75, 3.05) is 0 Å². The first-order valence-electron chi connectivity index (χ1n) is 6.12. The van der Waals surface area contributed by atoms with Gasteiger partial charge < -0.3 is 5.11 Å². The van der Waals surface area contributed by atoms with Crippen LogP contribution >= 0.6 is 0 Å². The number of hydrogen-bond donors (Lipinski definition) is 2. The highest BCUT2D eigenvalue weighted by molar-refractivity contribution is 7.88. The molecule has 0 atom stereocenters. The number of carbonyl (C=O) groups is 1. The van der Waals surface area contributed by atoms with Crippen molar-refractivity contribution in [3.05, 3.63) is 35.4 Å². The molecule has 0 radical (unpaired) electrons. The van der Waals surface area contributed by atoms with Crippen LogP contribution in [0.25, 0.3) is 0 Å². The van der Waals surface area contributed by atoms with Crippen molar-refractivity contribution in [3.63, 3.8) is 0 Å². The van der Waals surface area contributed by atoms with E-state index in [2.05, 4.69) is 4.72 Å². The predicted octanol–water partition coefficient (Wildman–Crippen LogP) is 0.985. The number of aliphatic carboxylic acids is 1. The summed E-state index contributed by atoms with van der Waals surface area (Å²) in [6, 6.07) is 8.29. The van der Waals surface area contributed by atoms with Crippen LogP contribution in [0.5, 0.6) is 0 Å². The second-order valence-corrected chi connectivity index (χ2v) is 6.59. The Labute approximate surface area is 117 Å². The number of hydrogen-bond acceptors (Lipinski definition) is 4. The zero-order valence-electron chi connectivity index (χ0n) is 10.7. The highest BCUT2D eigenvalue weighted by atomic mass is 32.2. The minimum Gasteiger partial charge on any atom is -0.480 e. The summed E-state index contributed by atoms with van der Waals surface area (Å²) in [6.45, 7) is 0. The Hall–Kier alpha value is -1.91. The first-order chi connectivity index (χ1) is 9.38. The van der Waals surface area contributed by atoms with E-state index in [1.54, 1.807) is 18.2 Å². The molecule has 1 fully saturated rings. The third-order valence-corrected chi connectivity index (χ3v) is 4.84. The zero-order chi connectivity index (χ0) is 14.8. The number of nitrogens with zero attached hydrogens (tertiary/aromatic N) is 1. The Morgan fingerprint density at radius 1 is 1.40 bits per heavy atom. The van der Waals surface area contributed by atoms with E-state index in [0.717, 1.165) is 0 Å². The van der Waals surface area contributed by atoms with E-state index in [9.17, 15) is 13.2 Å². The van der Waals surface area contributed by atoms with Crippen molar-refractivity contribution in [1.82, 2.24) is 4.72 Å². The van der Waals surface area contributed by atoms with Gasteiger partial charge in [0.25, 0.3) is 0 Å². The van der Waals surface area contributed by atoms with E-state index in [0.29, 0.717) is 24.8 Å². The third-order valence-electron chi connectivity index (χ3n) is 3.45. The van der Waals surface area contributed by atoms with E-state index in [1.807, 2.05) is 6.07 Å². The molecule has 1 saturated carbocycles. The van der Waals surface area contributed by atoms with E-state index in [-0.39, 0.29) is 5.56 Å². The van der Waals surface area contributed by atoms with Crippen molar-refractivity contribution in [3.8, 4) is 6.07 Å². The van der Waals surface area contributed by atoms with Gasteiger partial charge in [-0.2, -0.15) is 9.98 Å². The molecule has 2 N–H and O–H groups in total. The lowest BCUT2D eigenvalue weighted by molar-refractivity contribution is -0.147. The van der Waals surface area contributed by atoms with E-state index in [1.165, 1.54) is 6.07 Å². The van der Waals surface area contributed by atoms with Crippen LogP contribution < -0.4 is 4.72 Å². The topological polar surface area (TPSA) is 107 Å². The van der Waals surface area contributed by atoms with Crippen molar-refractivity contribution in [2.24, 2.45) is 0 Å². The molecule has 1 aromatic rings. The van der Waals surface area contributed by atoms with Gasteiger partial charge in [-0.3, -0.25) is 4.79 Å². The molecule has 1 aliphatic rings. The fraction of sp³-hybridized carbons (Fsp3) is 0.385. The normalized spacial score (nSPS) is 16.9. The van der Waals surface area contributed by atoms with Gasteiger partial charge in [0.1, 0.15) is 5.54 Å². The number of carboxylic acids is 1. The Morgan fingerprint density at radius 2 is 2.05 bits per heavy atom. The van der Waals surface area contributed by atoms with Gasteiger partial charge in [-0.1, -0.05) is 18.2 Å². The summed E-state index contributed by atoms with van der Waals surface area (Å²) in [4.78, 5) is 11.2. The van der Waals surface area contributed by atoms with Crippen molar-refractivity contribution in [1.29, 1.82) is 5.26 Å². The number of benzene rings is 1. The van der Waals surface area contributed by atoms with Gasteiger partial charge in [-0.05, 0) is 30.9 Å². The number of carboxylic acid groups (broad SMARTS) is 1. The summed E-state index contributed by atoms with van der Waals surface area (Å²) in [5.74, 6) is -1.55. The number of rotatable bonds is 5. The summed E-state index contributed by atoms with van der Waals surface area (Å²) in [7, 11) is -3.81. The Balaban J connectivity index is 2.20. The van der Waals surface area contributed by atoms with Gasteiger partial charge in [0.15, 0.2) is 0 Å². The molecule has 2 rings (SSSR count). The SMILES string of the molecule is N#Cc1ccccc1CS(=O)(=O)NC1(C(=O)O)CCC1. The first-order valence-corrected chi connectivity index (χ1v) is 7.77. The summed E-state index contributed by atoms with van der Waals surface area (Å²) in [6.07, 6.45) is 1.27. The Bertz CT molecular complexity index is 672. The fourth-order valence-corrected chi connectivity index (χ4v) is 3.80. The summed E-state index contributed by atoms with van der Waals surface area (Å²) < 4.78 is 26.5. The van der Waals surface area contributed by atoms with Gasteiger partial charge in [0.2, 0.25) is 10.0 Å². The maximum atomic E-state index is 12.1. The van der Waals surface area contributed by atoms with E-state index in [4.69, 9.17) is 10.4 Å². The quantitative estimate of drug-likeness (QED) is 0.842. The van der Waals surface area contributed by atoms with Crippen LogP contribution in [0, 0.1) is 11.3 Å². The van der Waals surface area contributed by atoms with Gasteiger partial charge in [-0.15, -0.1) is 0 Å². The first kappa shape index (κ1) is 14.5. The molecule has 7 heteroatoms. The Kier molecular flexibility index (Phi) is 3.79. The second kappa shape index (κ2) is 5.23. The predicted molar refractivity (Wildman–Crippen MR) is 71.1 cm³/mol. The average Bonchev–Trinajstić information content (AvgIpc) is 2.33. The summed E-state index contributed by atoms with van der Waals surface area (Å²) >= 11 is 0. The van der Waals surface area contributed by atoms with Crippen LogP contribution in [0.2, 0.25) is 0 Å². The van der Waals surface area contributed by atoms with Crippen molar-refractivity contribution >= 4 is 16.0 Å². The van der Waals surface area contributed by atoms with E-state index < -0.39 is 27.3 Å². The molecule has 0 spiro atoms. The minimum absolute atomic E-state index is 0.274. The van der Waals surface area contributed by atoms with Crippen LogP contribution in [0.15, 0.2) is 24.3 Å². The van der Waals surface area contributed by atoms with Crippen LogP contribution in [0.1, 0.15) is 30.4 Å². The highest BCUT2D eigenvalue weighted by Crippen LogP contribution is 2.33. The molecule has 0 aliphatic heterocycles. The lowest BCUT2D eigenvalue weighted by Crippen LogP contribution is -2.59. The van der Waals surface area contributed by atoms with Gasteiger partial charge in [0, 0.05) is 0 Å². The molecule has 0 bridgehead atoms. The molecule has 1 aromatic carbocycles. The molecular weight excluding hydrogens is 280 g/mol. The lowest BCUT2D eigenvalue weighted by Gasteiger charge is -2.37. The highest BCUT2D eigenvalue weighted by Gasteiger charge is 2.47. The second-order valence-electron chi connectivity index (χ2n) is 4.87. The minimum atomic E-state index is -3.81. The van der Waals surface area contributed by atoms with Crippen molar-refractivity contribution in [2.45, 2.75) is 30.6 Å². The molecule has 6 nitrogen and oxygen atoms in total. The molecule has 0 amide bonds. The molecule has 1 aliphatic carbocycles. The van der Waals surface area contributed by atoms with Gasteiger partial charge in [0.05, 0.1) is 17.4 Å². The standard InChI is InChI=1S/C13H14N2O4S/c14-8-10-4-1-2-5-11(10)9-20(18,19)15-13(12(16)17)6-3-7-13/h1-2,4-5,15H,3,6-7,9H2,(H,16,17). The smallest absolute Gasteiger partial charge is 0.324 e. The maximum absolute atomic E-state index is 12.1. The maximum Gasteiger partial charge on any atom is 0.324 e. The number of nitriles is 1. The number of nitrogens with one attached hydrogen (secondary N) is 1. The molecule has 0 heterocycles. The van der Waals surface area contributed by atoms with Crippen LogP contribution in [-0.2, 0) is 20.6 Å². The van der Waals surface area contributed by atoms with Crippen molar-refractivity contribution < 1.29 is 18.3 Å². The average molecular weight is 294 g/mol. The largest absolute Gasteiger partial charge is 0.480 e. The molecule has 106 valence electrons. The van der Waals surface area contributed by atoms with Gasteiger partial charge >= 0.3 is 5.97 Å². The molecule has 0 unspecified atom stereocenters. The van der Waals surface area contributed by atoms with Gasteiger partial charge in [-0.25, -0.2) is 8.42 Å². The Morgan fingerprint density at radius 3 is 2.55 bits per heavy atom. The zero-order valence-corrected chi connectivity index (χ0v) is 11.5. The number of sulfonamides is 1. The van der Waals surface area contributed by atoms with Crippen LogP contribution in [0.3, 0.4) is 0 Å². The van der Waals surface area contributed by atoms with Crippen LogP contribution in [-0.4, -0.2) is 25.0 Å². The molecule has 0 saturated heterocycles. The molecule has 0 aromatic heterocycles. The third kappa shape index (κ3) is 2.81. The summed E-state index contributed by atoms with van der Waals surface area (Å²) in [5, 5.41) is 18.1. The molecule has 20 heavy (non-hydrogen) atoms. The fourth-order valence-electron chi connectivity index (χ4n) is 2.18. The van der Waals surface area contributed by atoms with E-state index >= 15 is 0 Å². The van der Waals surface area contributed by atoms with Crippen LogP contribution in [0.4, 0.5) is 0 Å². The monoisotopic (exact) mass is 294 g/mol.